The zero-order valence-corrected chi connectivity index (χ0v) is 9.30. The summed E-state index contributed by atoms with van der Waals surface area (Å²) in [5.41, 5.74) is 2.44. The van der Waals surface area contributed by atoms with E-state index in [1.165, 1.54) is 11.1 Å². The maximum absolute atomic E-state index is 9.42. The van der Waals surface area contributed by atoms with Crippen LogP contribution < -0.4 is 0 Å². The van der Waals surface area contributed by atoms with Gasteiger partial charge in [0.25, 0.3) is 0 Å². The van der Waals surface area contributed by atoms with Gasteiger partial charge in [0.05, 0.1) is 6.10 Å². The van der Waals surface area contributed by atoms with Crippen LogP contribution in [0.15, 0.2) is 23.8 Å². The maximum Gasteiger partial charge on any atom is 0.0586 e. The van der Waals surface area contributed by atoms with Gasteiger partial charge in [-0.05, 0) is 36.8 Å². The summed E-state index contributed by atoms with van der Waals surface area (Å²) < 4.78 is 0. The van der Waals surface area contributed by atoms with Crippen LogP contribution in [0.2, 0.25) is 0 Å². The van der Waals surface area contributed by atoms with Crippen molar-refractivity contribution in [3.63, 3.8) is 0 Å². The topological polar surface area (TPSA) is 20.2 Å². The van der Waals surface area contributed by atoms with Crippen molar-refractivity contribution in [2.75, 3.05) is 0 Å². The van der Waals surface area contributed by atoms with E-state index < -0.39 is 0 Å². The average molecular weight is 182 g/mol. The normalized spacial score (nSPS) is 31.2. The molecule has 1 aliphatic carbocycles. The quantitative estimate of drug-likeness (QED) is 0.609. The van der Waals surface area contributed by atoms with Gasteiger partial charge in [-0.3, -0.25) is 0 Å². The molecule has 0 amide bonds. The van der Waals surface area contributed by atoms with E-state index in [4.69, 9.17) is 0 Å². The standard InChI is InChI=1S/C10H16O.C2H6/c1-4-9-6-10(11)5-7(2)8(9)3;1-2/h4,7,10-11H,3,5-6H2,1-2H3;1-2H3/b9-4-;/t7?,10-;/m0./s1. The monoisotopic (exact) mass is 182 g/mol. The van der Waals surface area contributed by atoms with Crippen molar-refractivity contribution in [1.82, 2.24) is 0 Å². The third-order valence-electron chi connectivity index (χ3n) is 2.44. The molecule has 1 N–H and O–H groups in total. The van der Waals surface area contributed by atoms with Gasteiger partial charge >= 0.3 is 0 Å². The van der Waals surface area contributed by atoms with Crippen molar-refractivity contribution in [3.05, 3.63) is 23.8 Å². The molecule has 0 bridgehead atoms. The lowest BCUT2D eigenvalue weighted by Gasteiger charge is -2.27. The van der Waals surface area contributed by atoms with Crippen LogP contribution in [0.4, 0.5) is 0 Å². The Morgan fingerprint density at radius 2 is 2.00 bits per heavy atom. The summed E-state index contributed by atoms with van der Waals surface area (Å²) in [6.07, 6.45) is 3.57. The third kappa shape index (κ3) is 3.35. The van der Waals surface area contributed by atoms with Crippen LogP contribution in [0.3, 0.4) is 0 Å². The molecule has 0 aromatic heterocycles. The van der Waals surface area contributed by atoms with Crippen molar-refractivity contribution >= 4 is 0 Å². The maximum atomic E-state index is 9.42. The van der Waals surface area contributed by atoms with Gasteiger partial charge in [-0.1, -0.05) is 33.4 Å². The Hall–Kier alpha value is -0.560. The Morgan fingerprint density at radius 1 is 1.46 bits per heavy atom. The van der Waals surface area contributed by atoms with E-state index in [0.29, 0.717) is 5.92 Å². The van der Waals surface area contributed by atoms with Gasteiger partial charge < -0.3 is 5.11 Å². The first kappa shape index (κ1) is 12.4. The number of aliphatic hydroxyl groups is 1. The first-order valence-electron chi connectivity index (χ1n) is 5.17. The summed E-state index contributed by atoms with van der Waals surface area (Å²) in [4.78, 5) is 0. The molecule has 2 atom stereocenters. The second-order valence-corrected chi connectivity index (χ2v) is 3.33. The number of aliphatic hydroxyl groups excluding tert-OH is 1. The molecule has 1 aliphatic rings. The Balaban J connectivity index is 0.000000671. The van der Waals surface area contributed by atoms with Gasteiger partial charge in [-0.2, -0.15) is 0 Å². The van der Waals surface area contributed by atoms with Gasteiger partial charge in [0.1, 0.15) is 0 Å². The first-order valence-corrected chi connectivity index (χ1v) is 5.17. The molecule has 13 heavy (non-hydrogen) atoms. The zero-order valence-electron chi connectivity index (χ0n) is 9.30. The molecule has 1 fully saturated rings. The second kappa shape index (κ2) is 5.98. The SMILES string of the molecule is C=C1/C(=C\C)C[C@@H](O)CC1C.CC. The molecule has 1 heteroatoms. The van der Waals surface area contributed by atoms with E-state index in [1.54, 1.807) is 0 Å². The number of hydrogen-bond donors (Lipinski definition) is 1. The lowest BCUT2D eigenvalue weighted by atomic mass is 9.81. The van der Waals surface area contributed by atoms with Crippen LogP contribution in [-0.4, -0.2) is 11.2 Å². The van der Waals surface area contributed by atoms with Crippen molar-refractivity contribution < 1.29 is 5.11 Å². The molecule has 76 valence electrons. The molecular weight excluding hydrogens is 160 g/mol. The summed E-state index contributed by atoms with van der Waals surface area (Å²) >= 11 is 0. The largest absolute Gasteiger partial charge is 0.393 e. The summed E-state index contributed by atoms with van der Waals surface area (Å²) in [5.74, 6) is 0.449. The van der Waals surface area contributed by atoms with Gasteiger partial charge in [0, 0.05) is 0 Å². The van der Waals surface area contributed by atoms with Crippen LogP contribution in [0.25, 0.3) is 0 Å². The third-order valence-corrected chi connectivity index (χ3v) is 2.44. The minimum absolute atomic E-state index is 0.151. The lowest BCUT2D eigenvalue weighted by Crippen LogP contribution is -2.21. The lowest BCUT2D eigenvalue weighted by molar-refractivity contribution is 0.142. The van der Waals surface area contributed by atoms with E-state index >= 15 is 0 Å². The molecule has 0 aromatic carbocycles. The second-order valence-electron chi connectivity index (χ2n) is 3.33. The Labute approximate surface area is 82.2 Å². The van der Waals surface area contributed by atoms with Crippen LogP contribution in [0, 0.1) is 5.92 Å². The Morgan fingerprint density at radius 3 is 2.46 bits per heavy atom. The highest BCUT2D eigenvalue weighted by Gasteiger charge is 2.22. The summed E-state index contributed by atoms with van der Waals surface area (Å²) in [6.45, 7) is 12.1. The highest BCUT2D eigenvalue weighted by Crippen LogP contribution is 2.32. The number of rotatable bonds is 0. The van der Waals surface area contributed by atoms with Crippen LogP contribution >= 0.6 is 0 Å². The summed E-state index contributed by atoms with van der Waals surface area (Å²) in [5, 5.41) is 9.42. The van der Waals surface area contributed by atoms with Gasteiger partial charge in [0.2, 0.25) is 0 Å². The van der Waals surface area contributed by atoms with Crippen LogP contribution in [-0.2, 0) is 0 Å². The molecule has 1 saturated carbocycles. The van der Waals surface area contributed by atoms with Gasteiger partial charge in [0.15, 0.2) is 0 Å². The predicted molar refractivity (Wildman–Crippen MR) is 58.6 cm³/mol. The van der Waals surface area contributed by atoms with Crippen LogP contribution in [0.1, 0.15) is 40.5 Å². The first-order chi connectivity index (χ1) is 6.15. The molecule has 1 nitrogen and oxygen atoms in total. The van der Waals surface area contributed by atoms with Crippen molar-refractivity contribution in [3.8, 4) is 0 Å². The van der Waals surface area contributed by atoms with E-state index in [1.807, 2.05) is 20.8 Å². The predicted octanol–water partition coefficient (Wildman–Crippen LogP) is 3.31. The molecule has 0 aromatic rings. The number of allylic oxidation sites excluding steroid dienone is 2. The smallest absolute Gasteiger partial charge is 0.0586 e. The summed E-state index contributed by atoms with van der Waals surface area (Å²) in [6, 6.07) is 0. The molecule has 0 radical (unpaired) electrons. The highest BCUT2D eigenvalue weighted by atomic mass is 16.3. The number of hydrogen-bond acceptors (Lipinski definition) is 1. The van der Waals surface area contributed by atoms with Crippen molar-refractivity contribution in [2.24, 2.45) is 5.92 Å². The molecule has 1 unspecified atom stereocenters. The molecule has 0 aliphatic heterocycles. The van der Waals surface area contributed by atoms with Crippen LogP contribution in [0.5, 0.6) is 0 Å². The highest BCUT2D eigenvalue weighted by molar-refractivity contribution is 5.32. The van der Waals surface area contributed by atoms with E-state index in [-0.39, 0.29) is 6.10 Å². The fraction of sp³-hybridized carbons (Fsp3) is 0.667. The molecule has 0 heterocycles. The van der Waals surface area contributed by atoms with Gasteiger partial charge in [-0.25, -0.2) is 0 Å². The minimum atomic E-state index is -0.151. The molecular formula is C12H22O. The summed E-state index contributed by atoms with van der Waals surface area (Å²) in [7, 11) is 0. The zero-order chi connectivity index (χ0) is 10.4. The average Bonchev–Trinajstić information content (AvgIpc) is 2.14. The fourth-order valence-electron chi connectivity index (χ4n) is 1.64. The minimum Gasteiger partial charge on any atom is -0.393 e. The van der Waals surface area contributed by atoms with E-state index in [9.17, 15) is 5.11 Å². The van der Waals surface area contributed by atoms with E-state index in [2.05, 4.69) is 19.6 Å². The Kier molecular flexibility index (Phi) is 5.72. The molecule has 0 spiro atoms. The molecule has 0 saturated heterocycles. The van der Waals surface area contributed by atoms with E-state index in [0.717, 1.165) is 12.8 Å². The van der Waals surface area contributed by atoms with Gasteiger partial charge in [-0.15, -0.1) is 0 Å². The Bertz CT molecular complexity index is 191. The van der Waals surface area contributed by atoms with Crippen molar-refractivity contribution in [2.45, 2.75) is 46.6 Å². The molecule has 1 rings (SSSR count). The fourth-order valence-corrected chi connectivity index (χ4v) is 1.64. The van der Waals surface area contributed by atoms with Crippen molar-refractivity contribution in [1.29, 1.82) is 0 Å².